The molecule has 1 aliphatic heterocycles. The third-order valence-corrected chi connectivity index (χ3v) is 5.51. The molecule has 1 fully saturated rings. The molecule has 10 heteroatoms. The third-order valence-electron chi connectivity index (χ3n) is 4.36. The molecule has 0 radical (unpaired) electrons. The van der Waals surface area contributed by atoms with Gasteiger partial charge in [-0.15, -0.1) is 5.10 Å². The second-order valence-corrected chi connectivity index (χ2v) is 7.69. The fourth-order valence-electron chi connectivity index (χ4n) is 3.00. The number of rotatable bonds is 6. The first-order chi connectivity index (χ1) is 14.2. The van der Waals surface area contributed by atoms with Crippen LogP contribution in [0.2, 0.25) is 5.02 Å². The summed E-state index contributed by atoms with van der Waals surface area (Å²) < 4.78 is 7.02. The predicted molar refractivity (Wildman–Crippen MR) is 113 cm³/mol. The average molecular weight is 431 g/mol. The molecule has 1 aromatic heterocycles. The Hall–Kier alpha value is -2.62. The van der Waals surface area contributed by atoms with Gasteiger partial charge in [0.25, 0.3) is 0 Å². The van der Waals surface area contributed by atoms with Crippen LogP contribution in [0.4, 0.5) is 11.4 Å². The van der Waals surface area contributed by atoms with Crippen LogP contribution in [-0.2, 0) is 9.53 Å². The fraction of sp³-hybridized carbons (Fsp3) is 0.263. The molecule has 0 saturated carbocycles. The smallest absolute Gasteiger partial charge is 0.234 e. The summed E-state index contributed by atoms with van der Waals surface area (Å²) >= 11 is 7.43. The second-order valence-electron chi connectivity index (χ2n) is 6.31. The molecule has 4 rings (SSSR count). The minimum Gasteiger partial charge on any atom is -0.378 e. The van der Waals surface area contributed by atoms with Crippen molar-refractivity contribution in [1.29, 1.82) is 0 Å². The number of carbonyl (C=O) groups excluding carboxylic acids is 1. The number of nitrogens with zero attached hydrogens (tertiary/aromatic N) is 5. The van der Waals surface area contributed by atoms with Crippen LogP contribution in [-0.4, -0.2) is 58.2 Å². The maximum absolute atomic E-state index is 12.6. The van der Waals surface area contributed by atoms with Gasteiger partial charge in [-0.25, -0.2) is 0 Å². The average Bonchev–Trinajstić information content (AvgIpc) is 3.22. The molecule has 0 atom stereocenters. The van der Waals surface area contributed by atoms with Crippen LogP contribution in [0.3, 0.4) is 0 Å². The van der Waals surface area contributed by atoms with E-state index in [4.69, 9.17) is 16.3 Å². The summed E-state index contributed by atoms with van der Waals surface area (Å²) in [5.74, 6) is 0.0109. The van der Waals surface area contributed by atoms with E-state index in [1.165, 1.54) is 11.8 Å². The standard InChI is InChI=1S/C19H19ClN6O2S/c20-14-6-7-17(25-8-10-28-11-9-25)16(12-14)21-18(27)13-29-19-22-23-24-26(19)15-4-2-1-3-5-15/h1-7,12H,8-11,13H2,(H,21,27). The number of aromatic nitrogens is 4. The topological polar surface area (TPSA) is 85.2 Å². The van der Waals surface area contributed by atoms with E-state index in [1.807, 2.05) is 42.5 Å². The molecule has 1 N–H and O–H groups in total. The van der Waals surface area contributed by atoms with Crippen LogP contribution >= 0.6 is 23.4 Å². The summed E-state index contributed by atoms with van der Waals surface area (Å²) in [6.07, 6.45) is 0. The normalized spacial score (nSPS) is 14.0. The number of hydrogen-bond donors (Lipinski definition) is 1. The second kappa shape index (κ2) is 9.25. The molecule has 8 nitrogen and oxygen atoms in total. The van der Waals surface area contributed by atoms with Gasteiger partial charge in [0.15, 0.2) is 0 Å². The molecule has 0 unspecified atom stereocenters. The quantitative estimate of drug-likeness (QED) is 0.602. The number of hydrogen-bond acceptors (Lipinski definition) is 7. The minimum absolute atomic E-state index is 0.158. The summed E-state index contributed by atoms with van der Waals surface area (Å²) in [6.45, 7) is 2.86. The van der Waals surface area contributed by atoms with Crippen LogP contribution in [0.25, 0.3) is 5.69 Å². The van der Waals surface area contributed by atoms with Crippen molar-refractivity contribution in [1.82, 2.24) is 20.2 Å². The highest BCUT2D eigenvalue weighted by Gasteiger charge is 2.17. The van der Waals surface area contributed by atoms with E-state index in [9.17, 15) is 4.79 Å². The zero-order chi connectivity index (χ0) is 20.1. The van der Waals surface area contributed by atoms with Crippen molar-refractivity contribution in [3.05, 3.63) is 53.6 Å². The summed E-state index contributed by atoms with van der Waals surface area (Å²) in [5.41, 5.74) is 2.46. The van der Waals surface area contributed by atoms with Gasteiger partial charge in [-0.2, -0.15) is 4.68 Å². The zero-order valence-corrected chi connectivity index (χ0v) is 17.1. The molecule has 2 heterocycles. The van der Waals surface area contributed by atoms with Gasteiger partial charge in [0, 0.05) is 18.1 Å². The van der Waals surface area contributed by atoms with Gasteiger partial charge in [0.1, 0.15) is 0 Å². The number of carbonyl (C=O) groups is 1. The summed E-state index contributed by atoms with van der Waals surface area (Å²) in [6, 6.07) is 15.1. The van der Waals surface area contributed by atoms with Crippen molar-refractivity contribution < 1.29 is 9.53 Å². The van der Waals surface area contributed by atoms with Crippen LogP contribution in [0.1, 0.15) is 0 Å². The fourth-order valence-corrected chi connectivity index (χ4v) is 3.87. The van der Waals surface area contributed by atoms with Gasteiger partial charge in [-0.1, -0.05) is 41.6 Å². The number of para-hydroxylation sites is 1. The summed E-state index contributed by atoms with van der Waals surface area (Å²) in [5, 5.41) is 15.8. The highest BCUT2D eigenvalue weighted by atomic mass is 35.5. The molecule has 29 heavy (non-hydrogen) atoms. The lowest BCUT2D eigenvalue weighted by Gasteiger charge is -2.30. The Bertz CT molecular complexity index is 978. The van der Waals surface area contributed by atoms with Crippen molar-refractivity contribution in [3.8, 4) is 5.69 Å². The highest BCUT2D eigenvalue weighted by Crippen LogP contribution is 2.30. The Kier molecular flexibility index (Phi) is 6.28. The first-order valence-electron chi connectivity index (χ1n) is 9.09. The lowest BCUT2D eigenvalue weighted by atomic mass is 10.2. The van der Waals surface area contributed by atoms with Gasteiger partial charge in [-0.05, 0) is 40.8 Å². The first-order valence-corrected chi connectivity index (χ1v) is 10.5. The molecule has 1 amide bonds. The predicted octanol–water partition coefficient (Wildman–Crippen LogP) is 2.88. The summed E-state index contributed by atoms with van der Waals surface area (Å²) in [4.78, 5) is 14.8. The van der Waals surface area contributed by atoms with E-state index >= 15 is 0 Å². The van der Waals surface area contributed by atoms with Gasteiger partial charge >= 0.3 is 0 Å². The van der Waals surface area contributed by atoms with E-state index < -0.39 is 0 Å². The number of ether oxygens (including phenoxy) is 1. The number of benzene rings is 2. The molecule has 0 spiro atoms. The van der Waals surface area contributed by atoms with Crippen LogP contribution in [0.15, 0.2) is 53.7 Å². The Labute approximate surface area is 177 Å². The Balaban J connectivity index is 1.43. The van der Waals surface area contributed by atoms with Crippen molar-refractivity contribution in [2.75, 3.05) is 42.3 Å². The van der Waals surface area contributed by atoms with Gasteiger partial charge < -0.3 is 15.0 Å². The monoisotopic (exact) mass is 430 g/mol. The minimum atomic E-state index is -0.158. The summed E-state index contributed by atoms with van der Waals surface area (Å²) in [7, 11) is 0. The van der Waals surface area contributed by atoms with E-state index in [0.717, 1.165) is 24.5 Å². The molecule has 0 aliphatic carbocycles. The largest absolute Gasteiger partial charge is 0.378 e. The third kappa shape index (κ3) is 4.87. The van der Waals surface area contributed by atoms with Crippen LogP contribution in [0, 0.1) is 0 Å². The maximum Gasteiger partial charge on any atom is 0.234 e. The molecule has 150 valence electrons. The van der Waals surface area contributed by atoms with E-state index in [2.05, 4.69) is 25.7 Å². The number of halogens is 1. The number of anilines is 2. The number of morpholine rings is 1. The molecular weight excluding hydrogens is 412 g/mol. The van der Waals surface area contributed by atoms with Crippen LogP contribution in [0.5, 0.6) is 0 Å². The Morgan fingerprint density at radius 2 is 1.97 bits per heavy atom. The zero-order valence-electron chi connectivity index (χ0n) is 15.5. The SMILES string of the molecule is O=C(CSc1nnnn1-c1ccccc1)Nc1cc(Cl)ccc1N1CCOCC1. The molecule has 2 aromatic carbocycles. The molecule has 1 saturated heterocycles. The van der Waals surface area contributed by atoms with Gasteiger partial charge in [0.05, 0.1) is 36.0 Å². The molecule has 0 bridgehead atoms. The maximum atomic E-state index is 12.6. The number of tetrazole rings is 1. The van der Waals surface area contributed by atoms with Crippen molar-refractivity contribution in [2.45, 2.75) is 5.16 Å². The number of thioether (sulfide) groups is 1. The molecule has 1 aliphatic rings. The van der Waals surface area contributed by atoms with E-state index in [-0.39, 0.29) is 11.7 Å². The van der Waals surface area contributed by atoms with Crippen LogP contribution < -0.4 is 10.2 Å². The van der Waals surface area contributed by atoms with Gasteiger partial charge in [0.2, 0.25) is 11.1 Å². The lowest BCUT2D eigenvalue weighted by molar-refractivity contribution is -0.113. The van der Waals surface area contributed by atoms with Gasteiger partial charge in [-0.3, -0.25) is 4.79 Å². The first kappa shape index (κ1) is 19.7. The molecular formula is C19H19ClN6O2S. The Morgan fingerprint density at radius 3 is 2.76 bits per heavy atom. The lowest BCUT2D eigenvalue weighted by Crippen LogP contribution is -2.36. The van der Waals surface area contributed by atoms with E-state index in [0.29, 0.717) is 29.1 Å². The van der Waals surface area contributed by atoms with Crippen molar-refractivity contribution >= 4 is 40.6 Å². The van der Waals surface area contributed by atoms with Crippen molar-refractivity contribution in [3.63, 3.8) is 0 Å². The van der Waals surface area contributed by atoms with E-state index in [1.54, 1.807) is 10.7 Å². The van der Waals surface area contributed by atoms with Crippen molar-refractivity contribution in [2.24, 2.45) is 0 Å². The Morgan fingerprint density at radius 1 is 1.17 bits per heavy atom. The highest BCUT2D eigenvalue weighted by molar-refractivity contribution is 7.99. The number of amides is 1. The molecule has 3 aromatic rings. The number of nitrogens with one attached hydrogen (secondary N) is 1.